The fourth-order valence-electron chi connectivity index (χ4n) is 3.73. The molecule has 24 heavy (non-hydrogen) atoms. The molecule has 1 aliphatic heterocycles. The summed E-state index contributed by atoms with van der Waals surface area (Å²) < 4.78 is 26.4. The first kappa shape index (κ1) is 19.3. The Balaban J connectivity index is 1.97. The van der Waals surface area contributed by atoms with E-state index in [9.17, 15) is 8.42 Å². The summed E-state index contributed by atoms with van der Waals surface area (Å²) in [6, 6.07) is 7.85. The molecule has 0 spiro atoms. The molecule has 0 unspecified atom stereocenters. The Kier molecular flexibility index (Phi) is 7.11. The largest absolute Gasteiger partial charge is 0.323 e. The zero-order valence-electron chi connectivity index (χ0n) is 15.3. The van der Waals surface area contributed by atoms with Crippen molar-refractivity contribution in [3.05, 3.63) is 29.8 Å². The predicted octanol–water partition coefficient (Wildman–Crippen LogP) is 3.79. The average Bonchev–Trinajstić information content (AvgIpc) is 2.77. The summed E-state index contributed by atoms with van der Waals surface area (Å²) in [5, 5.41) is 0. The van der Waals surface area contributed by atoms with Crippen molar-refractivity contribution in [1.29, 1.82) is 0 Å². The van der Waals surface area contributed by atoms with E-state index in [-0.39, 0.29) is 0 Å². The molecule has 5 heteroatoms. The zero-order chi connectivity index (χ0) is 17.5. The number of likely N-dealkylation sites (tertiary alicyclic amines) is 1. The Morgan fingerprint density at radius 1 is 1.00 bits per heavy atom. The summed E-state index contributed by atoms with van der Waals surface area (Å²) >= 11 is 0. The fraction of sp³-hybridized carbons (Fsp3) is 0.684. The minimum atomic E-state index is -3.20. The van der Waals surface area contributed by atoms with Gasteiger partial charge in [-0.2, -0.15) is 0 Å². The van der Waals surface area contributed by atoms with Crippen molar-refractivity contribution >= 4 is 15.7 Å². The Hall–Kier alpha value is -1.07. The molecule has 4 nitrogen and oxygen atoms in total. The van der Waals surface area contributed by atoms with E-state index >= 15 is 0 Å². The van der Waals surface area contributed by atoms with Gasteiger partial charge in [-0.3, -0.25) is 4.72 Å². The minimum absolute atomic E-state index is 0.644. The third-order valence-electron chi connectivity index (χ3n) is 5.13. The number of nitrogens with one attached hydrogen (secondary N) is 1. The lowest BCUT2D eigenvalue weighted by Crippen LogP contribution is -2.50. The second-order valence-electron chi connectivity index (χ2n) is 7.32. The third kappa shape index (κ3) is 6.44. The molecule has 1 heterocycles. The van der Waals surface area contributed by atoms with Crippen molar-refractivity contribution in [1.82, 2.24) is 0 Å². The molecule has 1 aromatic rings. The second kappa shape index (κ2) is 8.86. The number of anilines is 1. The Bertz CT molecular complexity index is 588. The van der Waals surface area contributed by atoms with Gasteiger partial charge in [0.2, 0.25) is 10.0 Å². The van der Waals surface area contributed by atoms with Crippen LogP contribution in [0, 0.1) is 0 Å². The van der Waals surface area contributed by atoms with Gasteiger partial charge in [-0.1, -0.05) is 25.5 Å². The number of unbranched alkanes of at least 4 members (excludes halogenated alkanes) is 1. The first-order valence-corrected chi connectivity index (χ1v) is 11.2. The van der Waals surface area contributed by atoms with Crippen LogP contribution in [0.2, 0.25) is 0 Å². The summed E-state index contributed by atoms with van der Waals surface area (Å²) in [5.74, 6) is 0. The Morgan fingerprint density at radius 2 is 1.62 bits per heavy atom. The van der Waals surface area contributed by atoms with Gasteiger partial charge in [0.25, 0.3) is 0 Å². The minimum Gasteiger partial charge on any atom is -0.323 e. The van der Waals surface area contributed by atoms with Crippen molar-refractivity contribution in [2.45, 2.75) is 51.9 Å². The lowest BCUT2D eigenvalue weighted by Gasteiger charge is -2.38. The van der Waals surface area contributed by atoms with E-state index in [0.717, 1.165) is 6.42 Å². The first-order valence-electron chi connectivity index (χ1n) is 9.34. The highest BCUT2D eigenvalue weighted by Gasteiger charge is 2.27. The molecular weight excluding hydrogens is 320 g/mol. The van der Waals surface area contributed by atoms with Gasteiger partial charge >= 0.3 is 0 Å². The highest BCUT2D eigenvalue weighted by atomic mass is 32.2. The van der Waals surface area contributed by atoms with Gasteiger partial charge in [0.1, 0.15) is 0 Å². The summed E-state index contributed by atoms with van der Waals surface area (Å²) in [7, 11) is -3.20. The molecular formula is C19H33N2O2S+. The molecule has 0 atom stereocenters. The maximum atomic E-state index is 11.3. The van der Waals surface area contributed by atoms with Gasteiger partial charge in [0.05, 0.1) is 32.4 Å². The van der Waals surface area contributed by atoms with E-state index in [1.807, 2.05) is 12.1 Å². The summed E-state index contributed by atoms with van der Waals surface area (Å²) in [4.78, 5) is 0. The van der Waals surface area contributed by atoms with E-state index in [0.29, 0.717) is 5.69 Å². The number of quaternary nitrogens is 1. The van der Waals surface area contributed by atoms with Gasteiger partial charge in [0, 0.05) is 12.1 Å². The summed E-state index contributed by atoms with van der Waals surface area (Å²) in [6.45, 7) is 7.45. The van der Waals surface area contributed by atoms with Crippen molar-refractivity contribution in [3.8, 4) is 0 Å². The second-order valence-corrected chi connectivity index (χ2v) is 9.07. The topological polar surface area (TPSA) is 46.2 Å². The summed E-state index contributed by atoms with van der Waals surface area (Å²) in [6.07, 6.45) is 10.3. The standard InChI is InChI=1S/C19H33N2O2S/c1-3-4-14-21(15-7-5-6-8-16-21)17-13-18-9-11-19(12-10-18)20-24(2,22)23/h9-12,20H,3-8,13-17H2,1-2H3/q+1. The van der Waals surface area contributed by atoms with E-state index in [1.165, 1.54) is 81.0 Å². The molecule has 0 radical (unpaired) electrons. The predicted molar refractivity (Wildman–Crippen MR) is 102 cm³/mol. The van der Waals surface area contributed by atoms with E-state index in [2.05, 4.69) is 23.8 Å². The zero-order valence-corrected chi connectivity index (χ0v) is 16.1. The van der Waals surface area contributed by atoms with Crippen LogP contribution in [0.1, 0.15) is 51.0 Å². The normalized spacial score (nSPS) is 18.1. The maximum Gasteiger partial charge on any atom is 0.229 e. The molecule has 1 saturated heterocycles. The van der Waals surface area contributed by atoms with Crippen LogP contribution in [0.3, 0.4) is 0 Å². The number of benzene rings is 1. The monoisotopic (exact) mass is 353 g/mol. The van der Waals surface area contributed by atoms with E-state index in [4.69, 9.17) is 0 Å². The fourth-order valence-corrected chi connectivity index (χ4v) is 4.30. The third-order valence-corrected chi connectivity index (χ3v) is 5.74. The van der Waals surface area contributed by atoms with Gasteiger partial charge in [-0.05, 0) is 49.8 Å². The molecule has 1 N–H and O–H groups in total. The van der Waals surface area contributed by atoms with Crippen LogP contribution < -0.4 is 4.72 Å². The van der Waals surface area contributed by atoms with Crippen LogP contribution in [0.25, 0.3) is 0 Å². The molecule has 1 fully saturated rings. The first-order chi connectivity index (χ1) is 11.4. The maximum absolute atomic E-state index is 11.3. The summed E-state index contributed by atoms with van der Waals surface area (Å²) in [5.41, 5.74) is 1.94. The highest BCUT2D eigenvalue weighted by molar-refractivity contribution is 7.92. The molecule has 1 aromatic carbocycles. The van der Waals surface area contributed by atoms with Crippen molar-refractivity contribution in [2.75, 3.05) is 37.2 Å². The smallest absolute Gasteiger partial charge is 0.229 e. The van der Waals surface area contributed by atoms with Crippen LogP contribution in [-0.2, 0) is 16.4 Å². The van der Waals surface area contributed by atoms with Gasteiger partial charge < -0.3 is 4.48 Å². The lowest BCUT2D eigenvalue weighted by molar-refractivity contribution is -0.927. The number of rotatable bonds is 8. The number of hydrogen-bond acceptors (Lipinski definition) is 2. The van der Waals surface area contributed by atoms with Crippen LogP contribution in [0.15, 0.2) is 24.3 Å². The molecule has 1 aliphatic rings. The number of sulfonamides is 1. The molecule has 136 valence electrons. The molecule has 2 rings (SSSR count). The Labute approximate surface area is 147 Å². The number of hydrogen-bond donors (Lipinski definition) is 1. The van der Waals surface area contributed by atoms with Crippen LogP contribution in [-0.4, -0.2) is 45.3 Å². The average molecular weight is 354 g/mol. The van der Waals surface area contributed by atoms with Crippen LogP contribution >= 0.6 is 0 Å². The highest BCUT2D eigenvalue weighted by Crippen LogP contribution is 2.21. The molecule has 0 amide bonds. The van der Waals surface area contributed by atoms with E-state index < -0.39 is 10.0 Å². The SMILES string of the molecule is CCCC[N+]1(CCc2ccc(NS(C)(=O)=O)cc2)CCCCCC1. The Morgan fingerprint density at radius 3 is 2.17 bits per heavy atom. The molecule has 0 saturated carbocycles. The molecule has 0 bridgehead atoms. The van der Waals surface area contributed by atoms with Gasteiger partial charge in [0.15, 0.2) is 0 Å². The lowest BCUT2D eigenvalue weighted by atomic mass is 10.1. The quantitative estimate of drug-likeness (QED) is 0.723. The van der Waals surface area contributed by atoms with Crippen LogP contribution in [0.4, 0.5) is 5.69 Å². The number of nitrogens with zero attached hydrogens (tertiary/aromatic N) is 1. The van der Waals surface area contributed by atoms with Gasteiger partial charge in [-0.25, -0.2) is 8.42 Å². The van der Waals surface area contributed by atoms with Crippen molar-refractivity contribution in [2.24, 2.45) is 0 Å². The van der Waals surface area contributed by atoms with Crippen molar-refractivity contribution < 1.29 is 12.9 Å². The molecule has 0 aromatic heterocycles. The molecule has 0 aliphatic carbocycles. The van der Waals surface area contributed by atoms with E-state index in [1.54, 1.807) is 0 Å². The van der Waals surface area contributed by atoms with Crippen molar-refractivity contribution in [3.63, 3.8) is 0 Å². The van der Waals surface area contributed by atoms with Gasteiger partial charge in [-0.15, -0.1) is 0 Å². The van der Waals surface area contributed by atoms with Crippen LogP contribution in [0.5, 0.6) is 0 Å².